The fourth-order valence-electron chi connectivity index (χ4n) is 2.44. The van der Waals surface area contributed by atoms with E-state index in [0.717, 1.165) is 27.7 Å². The van der Waals surface area contributed by atoms with Gasteiger partial charge in [0, 0.05) is 32.0 Å². The lowest BCUT2D eigenvalue weighted by atomic mass is 10.1. The molecule has 0 unspecified atom stereocenters. The first-order valence-corrected chi connectivity index (χ1v) is 7.90. The zero-order valence-corrected chi connectivity index (χ0v) is 14.2. The van der Waals surface area contributed by atoms with Crippen LogP contribution in [0.3, 0.4) is 0 Å². The van der Waals surface area contributed by atoms with Crippen molar-refractivity contribution in [1.82, 2.24) is 4.98 Å². The fraction of sp³-hybridized carbons (Fsp3) is 0.125. The minimum atomic E-state index is -0.257. The Bertz CT molecular complexity index is 842. The SMILES string of the molecule is Cc1c(Cc2ccc(Cl)cc2Cl)[nH]c2c(Br)cc(F)cc12. The van der Waals surface area contributed by atoms with Gasteiger partial charge >= 0.3 is 0 Å². The van der Waals surface area contributed by atoms with Crippen LogP contribution >= 0.6 is 39.1 Å². The first-order chi connectivity index (χ1) is 9.95. The van der Waals surface area contributed by atoms with Gasteiger partial charge in [-0.2, -0.15) is 0 Å². The van der Waals surface area contributed by atoms with E-state index in [4.69, 9.17) is 23.2 Å². The Balaban J connectivity index is 2.09. The van der Waals surface area contributed by atoms with Crippen LogP contribution in [0.1, 0.15) is 16.8 Å². The summed E-state index contributed by atoms with van der Waals surface area (Å²) in [5, 5.41) is 2.12. The quantitative estimate of drug-likeness (QED) is 0.533. The van der Waals surface area contributed by atoms with Crippen LogP contribution in [0.15, 0.2) is 34.8 Å². The van der Waals surface area contributed by atoms with Crippen molar-refractivity contribution in [2.45, 2.75) is 13.3 Å². The molecule has 1 nitrogen and oxygen atoms in total. The second-order valence-corrected chi connectivity index (χ2v) is 6.65. The zero-order chi connectivity index (χ0) is 15.1. The summed E-state index contributed by atoms with van der Waals surface area (Å²) in [6, 6.07) is 8.45. The molecule has 0 spiro atoms. The number of halogens is 4. The summed E-state index contributed by atoms with van der Waals surface area (Å²) in [4.78, 5) is 3.34. The average Bonchev–Trinajstić information content (AvgIpc) is 2.71. The van der Waals surface area contributed by atoms with Gasteiger partial charge in [-0.25, -0.2) is 4.39 Å². The van der Waals surface area contributed by atoms with Gasteiger partial charge in [0.25, 0.3) is 0 Å². The molecule has 0 amide bonds. The van der Waals surface area contributed by atoms with Gasteiger partial charge in [0.1, 0.15) is 5.82 Å². The Hall–Kier alpha value is -1.03. The highest BCUT2D eigenvalue weighted by molar-refractivity contribution is 9.10. The van der Waals surface area contributed by atoms with Gasteiger partial charge in [-0.05, 0) is 58.2 Å². The fourth-order valence-corrected chi connectivity index (χ4v) is 3.44. The summed E-state index contributed by atoms with van der Waals surface area (Å²) in [5.41, 5.74) is 3.91. The number of rotatable bonds is 2. The molecule has 2 aromatic carbocycles. The third kappa shape index (κ3) is 2.83. The molecule has 1 N–H and O–H groups in total. The molecule has 108 valence electrons. The molecule has 0 aliphatic rings. The van der Waals surface area contributed by atoms with E-state index < -0.39 is 0 Å². The predicted molar refractivity (Wildman–Crippen MR) is 90.0 cm³/mol. The predicted octanol–water partition coefficient (Wildman–Crippen LogP) is 6.28. The molecule has 3 aromatic rings. The van der Waals surface area contributed by atoms with Crippen LogP contribution in [-0.2, 0) is 6.42 Å². The Morgan fingerprint density at radius 3 is 2.67 bits per heavy atom. The number of fused-ring (bicyclic) bond motifs is 1. The highest BCUT2D eigenvalue weighted by Crippen LogP contribution is 2.31. The molecule has 0 bridgehead atoms. The van der Waals surface area contributed by atoms with E-state index in [1.807, 2.05) is 19.1 Å². The van der Waals surface area contributed by atoms with Crippen LogP contribution in [0.25, 0.3) is 10.9 Å². The number of aromatic amines is 1. The van der Waals surface area contributed by atoms with Crippen LogP contribution in [-0.4, -0.2) is 4.98 Å². The number of aryl methyl sites for hydroxylation is 1. The van der Waals surface area contributed by atoms with Gasteiger partial charge in [-0.3, -0.25) is 0 Å². The Labute approximate surface area is 140 Å². The van der Waals surface area contributed by atoms with E-state index >= 15 is 0 Å². The molecule has 3 rings (SSSR count). The van der Waals surface area contributed by atoms with Gasteiger partial charge in [0.05, 0.1) is 5.52 Å². The summed E-state index contributed by atoms with van der Waals surface area (Å²) < 4.78 is 14.3. The molecular formula is C16H11BrCl2FN. The normalized spacial score (nSPS) is 11.3. The molecule has 5 heteroatoms. The average molecular weight is 387 g/mol. The lowest BCUT2D eigenvalue weighted by Crippen LogP contribution is -1.92. The van der Waals surface area contributed by atoms with Gasteiger partial charge in [0.2, 0.25) is 0 Å². The van der Waals surface area contributed by atoms with E-state index in [1.54, 1.807) is 12.1 Å². The number of hydrogen-bond donors (Lipinski definition) is 1. The zero-order valence-electron chi connectivity index (χ0n) is 11.1. The highest BCUT2D eigenvalue weighted by Gasteiger charge is 2.13. The molecule has 1 heterocycles. The number of aromatic nitrogens is 1. The molecule has 0 aliphatic carbocycles. The summed E-state index contributed by atoms with van der Waals surface area (Å²) in [6.07, 6.45) is 0.643. The van der Waals surface area contributed by atoms with Gasteiger partial charge in [-0.15, -0.1) is 0 Å². The maximum Gasteiger partial charge on any atom is 0.125 e. The van der Waals surface area contributed by atoms with Crippen LogP contribution < -0.4 is 0 Å². The van der Waals surface area contributed by atoms with Crippen molar-refractivity contribution in [3.05, 3.63) is 67.5 Å². The molecule has 0 radical (unpaired) electrons. The van der Waals surface area contributed by atoms with E-state index in [2.05, 4.69) is 20.9 Å². The molecule has 0 saturated carbocycles. The second kappa shape index (κ2) is 5.64. The largest absolute Gasteiger partial charge is 0.357 e. The topological polar surface area (TPSA) is 15.8 Å². The molecule has 0 saturated heterocycles. The number of nitrogens with one attached hydrogen (secondary N) is 1. The first kappa shape index (κ1) is 14.9. The van der Waals surface area contributed by atoms with Crippen molar-refractivity contribution in [3.8, 4) is 0 Å². The number of H-pyrrole nitrogens is 1. The number of benzene rings is 2. The minimum absolute atomic E-state index is 0.257. The molecule has 0 aliphatic heterocycles. The standard InChI is InChI=1S/C16H11BrCl2FN/c1-8-12-6-11(20)7-13(17)16(12)21-15(8)4-9-2-3-10(18)5-14(9)19/h2-3,5-7,21H,4H2,1H3. The molecule has 1 aromatic heterocycles. The monoisotopic (exact) mass is 385 g/mol. The Kier molecular flexibility index (Phi) is 4.00. The van der Waals surface area contributed by atoms with Crippen LogP contribution in [0, 0.1) is 12.7 Å². The molecule has 0 fully saturated rings. The minimum Gasteiger partial charge on any atom is -0.357 e. The van der Waals surface area contributed by atoms with Crippen molar-refractivity contribution in [2.24, 2.45) is 0 Å². The van der Waals surface area contributed by atoms with Crippen molar-refractivity contribution >= 4 is 50.0 Å². The summed E-state index contributed by atoms with van der Waals surface area (Å²) in [7, 11) is 0. The maximum atomic E-state index is 13.5. The van der Waals surface area contributed by atoms with E-state index in [9.17, 15) is 4.39 Å². The second-order valence-electron chi connectivity index (χ2n) is 4.95. The van der Waals surface area contributed by atoms with Crippen LogP contribution in [0.2, 0.25) is 10.0 Å². The van der Waals surface area contributed by atoms with Gasteiger partial charge < -0.3 is 4.98 Å². The van der Waals surface area contributed by atoms with Crippen molar-refractivity contribution in [1.29, 1.82) is 0 Å². The molecule has 0 atom stereocenters. The lowest BCUT2D eigenvalue weighted by Gasteiger charge is -2.04. The van der Waals surface area contributed by atoms with Crippen molar-refractivity contribution in [2.75, 3.05) is 0 Å². The third-order valence-corrected chi connectivity index (χ3v) is 4.78. The highest BCUT2D eigenvalue weighted by atomic mass is 79.9. The van der Waals surface area contributed by atoms with Gasteiger partial charge in [0.15, 0.2) is 0 Å². The Morgan fingerprint density at radius 2 is 1.95 bits per heavy atom. The number of hydrogen-bond acceptors (Lipinski definition) is 0. The molecular weight excluding hydrogens is 376 g/mol. The Morgan fingerprint density at radius 1 is 1.19 bits per heavy atom. The first-order valence-electron chi connectivity index (χ1n) is 6.36. The van der Waals surface area contributed by atoms with E-state index in [0.29, 0.717) is 20.9 Å². The summed E-state index contributed by atoms with van der Waals surface area (Å²) >= 11 is 15.5. The van der Waals surface area contributed by atoms with Crippen LogP contribution in [0.4, 0.5) is 4.39 Å². The van der Waals surface area contributed by atoms with Crippen molar-refractivity contribution < 1.29 is 4.39 Å². The van der Waals surface area contributed by atoms with E-state index in [1.165, 1.54) is 6.07 Å². The van der Waals surface area contributed by atoms with E-state index in [-0.39, 0.29) is 5.82 Å². The van der Waals surface area contributed by atoms with Gasteiger partial charge in [-0.1, -0.05) is 29.3 Å². The van der Waals surface area contributed by atoms with Crippen LogP contribution in [0.5, 0.6) is 0 Å². The smallest absolute Gasteiger partial charge is 0.125 e. The lowest BCUT2D eigenvalue weighted by molar-refractivity contribution is 0.629. The van der Waals surface area contributed by atoms with Crippen molar-refractivity contribution in [3.63, 3.8) is 0 Å². The molecule has 21 heavy (non-hydrogen) atoms. The third-order valence-electron chi connectivity index (χ3n) is 3.57. The maximum absolute atomic E-state index is 13.5. The summed E-state index contributed by atoms with van der Waals surface area (Å²) in [5.74, 6) is -0.257. The summed E-state index contributed by atoms with van der Waals surface area (Å²) in [6.45, 7) is 1.98.